The predicted octanol–water partition coefficient (Wildman–Crippen LogP) is 4.53. The van der Waals surface area contributed by atoms with Gasteiger partial charge in [0.15, 0.2) is 0 Å². The Kier molecular flexibility index (Phi) is 10.9. The molecule has 0 spiro atoms. The van der Waals surface area contributed by atoms with E-state index < -0.39 is 0 Å². The molecule has 0 saturated heterocycles. The summed E-state index contributed by atoms with van der Waals surface area (Å²) < 4.78 is 11.1. The first-order valence-electron chi connectivity index (χ1n) is 8.16. The van der Waals surface area contributed by atoms with Gasteiger partial charge in [-0.15, -0.1) is 0 Å². The van der Waals surface area contributed by atoms with E-state index in [4.69, 9.17) is 9.47 Å². The van der Waals surface area contributed by atoms with E-state index in [0.29, 0.717) is 13.2 Å². The van der Waals surface area contributed by atoms with E-state index in [2.05, 4.69) is 29.8 Å². The second-order valence-corrected chi connectivity index (χ2v) is 5.25. The first kappa shape index (κ1) is 17.6. The fourth-order valence-corrected chi connectivity index (χ4v) is 2.20. The molecule has 0 radical (unpaired) electrons. The molecule has 0 amide bonds. The maximum absolute atomic E-state index is 5.71. The van der Waals surface area contributed by atoms with Crippen LogP contribution in [0.4, 0.5) is 0 Å². The van der Waals surface area contributed by atoms with Crippen LogP contribution in [0, 0.1) is 0 Å². The molecule has 1 rings (SSSR count). The summed E-state index contributed by atoms with van der Waals surface area (Å²) >= 11 is 2.26. The van der Waals surface area contributed by atoms with Gasteiger partial charge in [0.05, 0.1) is 6.61 Å². The van der Waals surface area contributed by atoms with Crippen molar-refractivity contribution in [3.63, 3.8) is 0 Å². The SMILES string of the molecule is [Li][CH2]CCCCCCCOCc1ccc(OCC)cc1. The molecular weight excluding hydrogens is 243 g/mol. The van der Waals surface area contributed by atoms with Crippen LogP contribution in [0.2, 0.25) is 5.09 Å². The van der Waals surface area contributed by atoms with Crippen molar-refractivity contribution in [2.75, 3.05) is 13.2 Å². The molecule has 0 saturated carbocycles. The molecule has 3 heteroatoms. The van der Waals surface area contributed by atoms with E-state index in [1.807, 2.05) is 19.1 Å². The van der Waals surface area contributed by atoms with Crippen LogP contribution in [0.1, 0.15) is 51.0 Å². The second kappa shape index (κ2) is 12.3. The summed E-state index contributed by atoms with van der Waals surface area (Å²) in [5.41, 5.74) is 1.22. The van der Waals surface area contributed by atoms with Gasteiger partial charge < -0.3 is 4.74 Å². The molecule has 0 aliphatic rings. The summed E-state index contributed by atoms with van der Waals surface area (Å²) in [4.78, 5) is 0. The van der Waals surface area contributed by atoms with E-state index in [1.54, 1.807) is 0 Å². The average molecular weight is 270 g/mol. The predicted molar refractivity (Wildman–Crippen MR) is 85.5 cm³/mol. The summed E-state index contributed by atoms with van der Waals surface area (Å²) in [5.74, 6) is 0.934. The number of hydrogen-bond acceptors (Lipinski definition) is 2. The van der Waals surface area contributed by atoms with Gasteiger partial charge in [0.2, 0.25) is 0 Å². The van der Waals surface area contributed by atoms with Crippen LogP contribution >= 0.6 is 0 Å². The Bertz CT molecular complexity index is 324. The Balaban J connectivity index is 1.98. The number of ether oxygens (including phenoxy) is 2. The van der Waals surface area contributed by atoms with E-state index in [-0.39, 0.29) is 0 Å². The van der Waals surface area contributed by atoms with Crippen molar-refractivity contribution in [2.24, 2.45) is 0 Å². The van der Waals surface area contributed by atoms with Crippen molar-refractivity contribution in [1.29, 1.82) is 0 Å². The zero-order valence-corrected chi connectivity index (χ0v) is 13.2. The van der Waals surface area contributed by atoms with Crippen LogP contribution in [-0.2, 0) is 11.3 Å². The van der Waals surface area contributed by atoms with Gasteiger partial charge in [-0.05, 0) is 19.1 Å². The molecule has 0 aromatic heterocycles. The van der Waals surface area contributed by atoms with Gasteiger partial charge in [0.1, 0.15) is 5.75 Å². The minimum atomic E-state index is 0.711. The standard InChI is InChI=1S/C17H27O2.Li/c1-3-5-6-7-8-9-14-18-15-16-10-12-17(13-11-16)19-4-2;/h10-13H,1,3-9,14-15H2,2H3;. The third-order valence-corrected chi connectivity index (χ3v) is 3.40. The van der Waals surface area contributed by atoms with Crippen LogP contribution in [0.25, 0.3) is 0 Å². The Morgan fingerprint density at radius 1 is 0.900 bits per heavy atom. The van der Waals surface area contributed by atoms with E-state index in [9.17, 15) is 0 Å². The molecule has 0 heterocycles. The summed E-state index contributed by atoms with van der Waals surface area (Å²) in [6.07, 6.45) is 7.99. The van der Waals surface area contributed by atoms with Crippen molar-refractivity contribution >= 4 is 17.7 Å². The molecule has 0 aliphatic carbocycles. The Morgan fingerprint density at radius 3 is 2.20 bits per heavy atom. The van der Waals surface area contributed by atoms with Crippen LogP contribution < -0.4 is 4.74 Å². The van der Waals surface area contributed by atoms with Crippen LogP contribution in [-0.4, -0.2) is 30.9 Å². The van der Waals surface area contributed by atoms with Gasteiger partial charge in [-0.2, -0.15) is 0 Å². The van der Waals surface area contributed by atoms with Crippen molar-refractivity contribution in [3.05, 3.63) is 29.8 Å². The first-order valence-corrected chi connectivity index (χ1v) is 8.16. The third kappa shape index (κ3) is 8.69. The number of unbranched alkanes of at least 4 members (excludes halogenated alkanes) is 5. The Hall–Kier alpha value is -0.423. The van der Waals surface area contributed by atoms with Gasteiger partial charge in [0.25, 0.3) is 0 Å². The van der Waals surface area contributed by atoms with E-state index >= 15 is 0 Å². The molecule has 0 bridgehead atoms. The van der Waals surface area contributed by atoms with Gasteiger partial charge in [-0.1, -0.05) is 0 Å². The van der Waals surface area contributed by atoms with Gasteiger partial charge in [0, 0.05) is 0 Å². The topological polar surface area (TPSA) is 18.5 Å². The quantitative estimate of drug-likeness (QED) is 0.410. The first-order chi connectivity index (χ1) is 9.86. The zero-order valence-electron chi connectivity index (χ0n) is 13.2. The summed E-state index contributed by atoms with van der Waals surface area (Å²) in [6, 6.07) is 8.18. The molecule has 2 nitrogen and oxygen atoms in total. The van der Waals surface area contributed by atoms with Gasteiger partial charge in [-0.25, -0.2) is 0 Å². The summed E-state index contributed by atoms with van der Waals surface area (Å²) in [5, 5.41) is 1.32. The molecule has 0 fully saturated rings. The second-order valence-electron chi connectivity index (χ2n) is 5.25. The molecule has 1 aromatic rings. The molecule has 1 aromatic carbocycles. The van der Waals surface area contributed by atoms with Crippen LogP contribution in [0.5, 0.6) is 5.75 Å². The van der Waals surface area contributed by atoms with E-state index in [1.165, 1.54) is 49.2 Å². The summed E-state index contributed by atoms with van der Waals surface area (Å²) in [6.45, 7) is 4.30. The van der Waals surface area contributed by atoms with Gasteiger partial charge >= 0.3 is 97.0 Å². The Morgan fingerprint density at radius 2 is 1.55 bits per heavy atom. The van der Waals surface area contributed by atoms with Crippen LogP contribution in [0.3, 0.4) is 0 Å². The van der Waals surface area contributed by atoms with Crippen molar-refractivity contribution in [3.8, 4) is 5.75 Å². The number of rotatable bonds is 12. The zero-order chi connectivity index (χ0) is 14.5. The van der Waals surface area contributed by atoms with E-state index in [0.717, 1.165) is 12.4 Å². The molecule has 0 N–H and O–H groups in total. The fraction of sp³-hybridized carbons (Fsp3) is 0.647. The number of benzene rings is 1. The normalized spacial score (nSPS) is 10.8. The van der Waals surface area contributed by atoms with Gasteiger partial charge in [-0.3, -0.25) is 0 Å². The number of hydrogen-bond donors (Lipinski definition) is 0. The fourth-order valence-electron chi connectivity index (χ4n) is 2.20. The maximum atomic E-state index is 5.71. The molecule has 108 valence electrons. The van der Waals surface area contributed by atoms with Crippen molar-refractivity contribution in [2.45, 2.75) is 57.1 Å². The van der Waals surface area contributed by atoms with Crippen molar-refractivity contribution in [1.82, 2.24) is 0 Å². The van der Waals surface area contributed by atoms with Crippen molar-refractivity contribution < 1.29 is 9.47 Å². The summed E-state index contributed by atoms with van der Waals surface area (Å²) in [7, 11) is 0. The molecule has 0 aliphatic heterocycles. The molecule has 20 heavy (non-hydrogen) atoms. The monoisotopic (exact) mass is 270 g/mol. The minimum absolute atomic E-state index is 0.711. The molecule has 0 unspecified atom stereocenters. The Labute approximate surface area is 133 Å². The smallest absolute Gasteiger partial charge is 0.494 e. The minimum Gasteiger partial charge on any atom is -0.494 e. The average Bonchev–Trinajstić information content (AvgIpc) is 2.47. The molecule has 0 atom stereocenters. The molecular formula is C17H27LiO2. The third-order valence-electron chi connectivity index (χ3n) is 3.40. The van der Waals surface area contributed by atoms with Crippen LogP contribution in [0.15, 0.2) is 24.3 Å².